The summed E-state index contributed by atoms with van der Waals surface area (Å²) in [4.78, 5) is 14.0. The van der Waals surface area contributed by atoms with E-state index >= 15 is 0 Å². The van der Waals surface area contributed by atoms with Gasteiger partial charge in [-0.25, -0.2) is 8.42 Å². The predicted molar refractivity (Wildman–Crippen MR) is 78.5 cm³/mol. The highest BCUT2D eigenvalue weighted by Gasteiger charge is 2.23. The van der Waals surface area contributed by atoms with Crippen molar-refractivity contribution in [1.82, 2.24) is 4.98 Å². The van der Waals surface area contributed by atoms with Crippen LogP contribution in [0.15, 0.2) is 52.4 Å². The van der Waals surface area contributed by atoms with E-state index in [2.05, 4.69) is 4.98 Å². The SMILES string of the molecule is CCc1ccc(N(C)S(=O)(=O)c2c[nH]ccc2=O)cc1. The molecule has 1 aromatic heterocycles. The highest BCUT2D eigenvalue weighted by Crippen LogP contribution is 2.20. The van der Waals surface area contributed by atoms with E-state index in [-0.39, 0.29) is 4.90 Å². The summed E-state index contributed by atoms with van der Waals surface area (Å²) in [5.41, 5.74) is 1.11. The van der Waals surface area contributed by atoms with Crippen LogP contribution in [0.4, 0.5) is 5.69 Å². The van der Waals surface area contributed by atoms with Crippen LogP contribution in [-0.4, -0.2) is 20.4 Å². The van der Waals surface area contributed by atoms with Crippen LogP contribution in [0, 0.1) is 0 Å². The number of nitrogens with one attached hydrogen (secondary N) is 1. The van der Waals surface area contributed by atoms with E-state index < -0.39 is 15.5 Å². The Bertz CT molecular complexity index is 748. The number of aryl methyl sites for hydroxylation is 1. The average Bonchev–Trinajstić information content (AvgIpc) is 2.47. The van der Waals surface area contributed by atoms with Crippen LogP contribution in [-0.2, 0) is 16.4 Å². The zero-order valence-electron chi connectivity index (χ0n) is 11.3. The van der Waals surface area contributed by atoms with Crippen molar-refractivity contribution in [3.63, 3.8) is 0 Å². The molecule has 6 heteroatoms. The number of hydrogen-bond donors (Lipinski definition) is 1. The average molecular weight is 292 g/mol. The molecule has 1 aromatic carbocycles. The Balaban J connectivity index is 2.43. The number of pyridine rings is 1. The van der Waals surface area contributed by atoms with Crippen LogP contribution in [0.25, 0.3) is 0 Å². The molecule has 1 N–H and O–H groups in total. The van der Waals surface area contributed by atoms with E-state index in [1.54, 1.807) is 12.1 Å². The van der Waals surface area contributed by atoms with Gasteiger partial charge in [-0.2, -0.15) is 0 Å². The number of anilines is 1. The standard InChI is InChI=1S/C14H16N2O3S/c1-3-11-4-6-12(7-5-11)16(2)20(18,19)14-10-15-9-8-13(14)17/h4-10H,3H2,1-2H3,(H,15,17). The quantitative estimate of drug-likeness (QED) is 0.933. The monoisotopic (exact) mass is 292 g/mol. The van der Waals surface area contributed by atoms with E-state index in [1.165, 1.54) is 25.5 Å². The van der Waals surface area contributed by atoms with Crippen molar-refractivity contribution in [2.75, 3.05) is 11.4 Å². The Morgan fingerprint density at radius 1 is 1.15 bits per heavy atom. The van der Waals surface area contributed by atoms with Gasteiger partial charge in [0.2, 0.25) is 5.43 Å². The lowest BCUT2D eigenvalue weighted by Crippen LogP contribution is -2.30. The summed E-state index contributed by atoms with van der Waals surface area (Å²) in [7, 11) is -2.42. The molecule has 0 aliphatic rings. The second kappa shape index (κ2) is 5.50. The van der Waals surface area contributed by atoms with Crippen molar-refractivity contribution in [1.29, 1.82) is 0 Å². The summed E-state index contributed by atoms with van der Waals surface area (Å²) in [5.74, 6) is 0. The number of hydrogen-bond acceptors (Lipinski definition) is 3. The minimum atomic E-state index is -3.85. The van der Waals surface area contributed by atoms with Crippen LogP contribution in [0.2, 0.25) is 0 Å². The molecule has 2 aromatic rings. The molecule has 0 aliphatic carbocycles. The summed E-state index contributed by atoms with van der Waals surface area (Å²) in [6, 6.07) is 8.40. The van der Waals surface area contributed by atoms with Gasteiger partial charge in [-0.3, -0.25) is 9.10 Å². The number of rotatable bonds is 4. The Labute approximate surface area is 117 Å². The fourth-order valence-electron chi connectivity index (χ4n) is 1.83. The Morgan fingerprint density at radius 3 is 2.35 bits per heavy atom. The highest BCUT2D eigenvalue weighted by molar-refractivity contribution is 7.92. The van der Waals surface area contributed by atoms with E-state index in [0.29, 0.717) is 5.69 Å². The zero-order chi connectivity index (χ0) is 14.8. The van der Waals surface area contributed by atoms with Crippen LogP contribution >= 0.6 is 0 Å². The first-order valence-electron chi connectivity index (χ1n) is 6.22. The van der Waals surface area contributed by atoms with Crippen LogP contribution in [0.1, 0.15) is 12.5 Å². The predicted octanol–water partition coefficient (Wildman–Crippen LogP) is 1.76. The zero-order valence-corrected chi connectivity index (χ0v) is 12.1. The van der Waals surface area contributed by atoms with Gasteiger partial charge in [0.05, 0.1) is 5.69 Å². The summed E-state index contributed by atoms with van der Waals surface area (Å²) in [6.45, 7) is 2.03. The van der Waals surface area contributed by atoms with Gasteiger partial charge < -0.3 is 4.98 Å². The molecule has 0 atom stereocenters. The molecule has 0 bridgehead atoms. The van der Waals surface area contributed by atoms with Crippen molar-refractivity contribution in [2.45, 2.75) is 18.2 Å². The summed E-state index contributed by atoms with van der Waals surface area (Å²) in [6.07, 6.45) is 3.49. The third-order valence-corrected chi connectivity index (χ3v) is 4.94. The Hall–Kier alpha value is -2.08. The lowest BCUT2D eigenvalue weighted by Gasteiger charge is -2.19. The minimum absolute atomic E-state index is 0.262. The van der Waals surface area contributed by atoms with Crippen molar-refractivity contribution in [3.8, 4) is 0 Å². The van der Waals surface area contributed by atoms with Gasteiger partial charge in [-0.05, 0) is 24.1 Å². The smallest absolute Gasteiger partial charge is 0.269 e. The third kappa shape index (κ3) is 2.60. The lowest BCUT2D eigenvalue weighted by molar-refractivity contribution is 0.593. The fourth-order valence-corrected chi connectivity index (χ4v) is 3.06. The maximum Gasteiger partial charge on any atom is 0.269 e. The molecule has 0 saturated carbocycles. The largest absolute Gasteiger partial charge is 0.366 e. The first kappa shape index (κ1) is 14.3. The maximum absolute atomic E-state index is 12.4. The van der Waals surface area contributed by atoms with Gasteiger partial charge in [0.25, 0.3) is 10.0 Å². The molecule has 0 aliphatic heterocycles. The number of sulfonamides is 1. The van der Waals surface area contributed by atoms with Gasteiger partial charge in [-0.1, -0.05) is 19.1 Å². The molecule has 0 saturated heterocycles. The van der Waals surface area contributed by atoms with E-state index in [0.717, 1.165) is 16.3 Å². The molecule has 106 valence electrons. The molecular formula is C14H16N2O3S. The van der Waals surface area contributed by atoms with E-state index in [9.17, 15) is 13.2 Å². The topological polar surface area (TPSA) is 70.2 Å². The summed E-state index contributed by atoms with van der Waals surface area (Å²) < 4.78 is 25.9. The van der Waals surface area contributed by atoms with E-state index in [1.807, 2.05) is 19.1 Å². The molecule has 0 spiro atoms. The molecule has 0 radical (unpaired) electrons. The molecule has 1 heterocycles. The van der Waals surface area contributed by atoms with Gasteiger partial charge in [-0.15, -0.1) is 0 Å². The number of benzene rings is 1. The van der Waals surface area contributed by atoms with Crippen molar-refractivity contribution < 1.29 is 8.42 Å². The van der Waals surface area contributed by atoms with Gasteiger partial charge in [0, 0.05) is 25.5 Å². The lowest BCUT2D eigenvalue weighted by atomic mass is 10.1. The minimum Gasteiger partial charge on any atom is -0.366 e. The van der Waals surface area contributed by atoms with Gasteiger partial charge >= 0.3 is 0 Å². The first-order chi connectivity index (χ1) is 9.46. The van der Waals surface area contributed by atoms with Crippen LogP contribution in [0.5, 0.6) is 0 Å². The molecule has 20 heavy (non-hydrogen) atoms. The molecule has 5 nitrogen and oxygen atoms in total. The maximum atomic E-state index is 12.4. The fraction of sp³-hybridized carbons (Fsp3) is 0.214. The van der Waals surface area contributed by atoms with Crippen LogP contribution in [0.3, 0.4) is 0 Å². The second-order valence-corrected chi connectivity index (χ2v) is 6.30. The summed E-state index contributed by atoms with van der Waals surface area (Å²) in [5, 5.41) is 0. The second-order valence-electron chi connectivity index (χ2n) is 4.37. The van der Waals surface area contributed by atoms with Gasteiger partial charge in [0.1, 0.15) is 0 Å². The molecule has 2 rings (SSSR count). The third-order valence-electron chi connectivity index (χ3n) is 3.13. The number of nitrogens with zero attached hydrogens (tertiary/aromatic N) is 1. The summed E-state index contributed by atoms with van der Waals surface area (Å²) >= 11 is 0. The first-order valence-corrected chi connectivity index (χ1v) is 7.66. The van der Waals surface area contributed by atoms with Crippen LogP contribution < -0.4 is 9.73 Å². The van der Waals surface area contributed by atoms with Crippen molar-refractivity contribution in [2.24, 2.45) is 0 Å². The molecule has 0 unspecified atom stereocenters. The molecule has 0 fully saturated rings. The van der Waals surface area contributed by atoms with E-state index in [4.69, 9.17) is 0 Å². The van der Waals surface area contributed by atoms with Gasteiger partial charge in [0.15, 0.2) is 4.90 Å². The molecular weight excluding hydrogens is 276 g/mol. The Kier molecular flexibility index (Phi) is 3.94. The Morgan fingerprint density at radius 2 is 1.80 bits per heavy atom. The molecule has 0 amide bonds. The van der Waals surface area contributed by atoms with Crippen molar-refractivity contribution in [3.05, 3.63) is 58.5 Å². The highest BCUT2D eigenvalue weighted by atomic mass is 32.2. The number of aromatic nitrogens is 1. The number of H-pyrrole nitrogens is 1. The van der Waals surface area contributed by atoms with Crippen molar-refractivity contribution >= 4 is 15.7 Å². The normalized spacial score (nSPS) is 11.3. The number of aromatic amines is 1.